The zero-order valence-electron chi connectivity index (χ0n) is 14.4. The summed E-state index contributed by atoms with van der Waals surface area (Å²) in [5.74, 6) is 0.841. The molecule has 1 N–H and O–H groups in total. The van der Waals surface area contributed by atoms with Gasteiger partial charge in [-0.25, -0.2) is 0 Å². The van der Waals surface area contributed by atoms with E-state index in [-0.39, 0.29) is 11.5 Å². The Morgan fingerprint density at radius 3 is 2.72 bits per heavy atom. The molecule has 0 saturated carbocycles. The average molecular weight is 337 g/mol. The molecule has 1 fully saturated rings. The fourth-order valence-corrected chi connectivity index (χ4v) is 3.13. The predicted octanol–water partition coefficient (Wildman–Crippen LogP) is 3.89. The minimum Gasteiger partial charge on any atom is -0.508 e. The van der Waals surface area contributed by atoms with Gasteiger partial charge in [-0.15, -0.1) is 0 Å². The first-order chi connectivity index (χ1) is 12.2. The van der Waals surface area contributed by atoms with E-state index in [0.717, 1.165) is 36.5 Å². The summed E-state index contributed by atoms with van der Waals surface area (Å²) in [5.41, 5.74) is 2.57. The summed E-state index contributed by atoms with van der Waals surface area (Å²) in [6.45, 7) is 3.11. The number of nitrogens with zero attached hydrogens (tertiary/aromatic N) is 1. The van der Waals surface area contributed by atoms with Crippen molar-refractivity contribution in [2.75, 3.05) is 20.2 Å². The maximum absolute atomic E-state index is 12.2. The van der Waals surface area contributed by atoms with Gasteiger partial charge in [0.25, 0.3) is 0 Å². The summed E-state index contributed by atoms with van der Waals surface area (Å²) in [4.78, 5) is 14.6. The van der Waals surface area contributed by atoms with Crippen molar-refractivity contribution in [1.82, 2.24) is 4.90 Å². The van der Waals surface area contributed by atoms with Crippen LogP contribution in [0.2, 0.25) is 0 Å². The monoisotopic (exact) mass is 337 g/mol. The molecule has 2 aromatic carbocycles. The fraction of sp³-hybridized carbons (Fsp3) is 0.286. The molecule has 2 aromatic rings. The average Bonchev–Trinajstić information content (AvgIpc) is 3.13. The Morgan fingerprint density at radius 1 is 1.20 bits per heavy atom. The Hall–Kier alpha value is -2.59. The molecule has 0 bridgehead atoms. The van der Waals surface area contributed by atoms with Crippen LogP contribution >= 0.6 is 0 Å². The standard InChI is InChI=1S/C21H23NO3/c1-25-21-10-8-16(13-18(21)15-22-11-2-3-12-22)7-9-20(24)17-5-4-6-19(23)14-17/h4-10,13-14,23H,2-3,11-12,15H2,1H3/b9-7+. The molecule has 1 saturated heterocycles. The number of ketones is 1. The Morgan fingerprint density at radius 2 is 2.00 bits per heavy atom. The summed E-state index contributed by atoms with van der Waals surface area (Å²) < 4.78 is 5.47. The summed E-state index contributed by atoms with van der Waals surface area (Å²) in [5, 5.41) is 9.48. The third-order valence-electron chi connectivity index (χ3n) is 4.45. The molecule has 4 nitrogen and oxygen atoms in total. The van der Waals surface area contributed by atoms with Crippen LogP contribution in [0.1, 0.15) is 34.3 Å². The zero-order chi connectivity index (χ0) is 17.6. The lowest BCUT2D eigenvalue weighted by Crippen LogP contribution is -2.18. The van der Waals surface area contributed by atoms with E-state index >= 15 is 0 Å². The number of methoxy groups -OCH3 is 1. The summed E-state index contributed by atoms with van der Waals surface area (Å²) in [6.07, 6.45) is 5.84. The summed E-state index contributed by atoms with van der Waals surface area (Å²) in [6, 6.07) is 12.3. The minimum atomic E-state index is -0.132. The largest absolute Gasteiger partial charge is 0.508 e. The van der Waals surface area contributed by atoms with Crippen LogP contribution in [0.15, 0.2) is 48.5 Å². The van der Waals surface area contributed by atoms with Gasteiger partial charge < -0.3 is 9.84 Å². The van der Waals surface area contributed by atoms with Gasteiger partial charge in [0.1, 0.15) is 11.5 Å². The zero-order valence-corrected chi connectivity index (χ0v) is 14.4. The highest BCUT2D eigenvalue weighted by molar-refractivity contribution is 6.07. The van der Waals surface area contributed by atoms with E-state index in [1.165, 1.54) is 25.0 Å². The highest BCUT2D eigenvalue weighted by Gasteiger charge is 2.14. The smallest absolute Gasteiger partial charge is 0.185 e. The van der Waals surface area contributed by atoms with E-state index in [0.29, 0.717) is 5.56 Å². The van der Waals surface area contributed by atoms with Gasteiger partial charge in [0.05, 0.1) is 7.11 Å². The minimum absolute atomic E-state index is 0.0941. The number of rotatable bonds is 6. The Balaban J connectivity index is 1.76. The van der Waals surface area contributed by atoms with E-state index < -0.39 is 0 Å². The molecular formula is C21H23NO3. The molecular weight excluding hydrogens is 314 g/mol. The molecule has 0 atom stereocenters. The van der Waals surface area contributed by atoms with Gasteiger partial charge in [-0.05, 0) is 61.8 Å². The van der Waals surface area contributed by atoms with E-state index in [2.05, 4.69) is 11.0 Å². The van der Waals surface area contributed by atoms with Gasteiger partial charge in [0.2, 0.25) is 0 Å². The van der Waals surface area contributed by atoms with E-state index in [4.69, 9.17) is 4.74 Å². The first kappa shape index (κ1) is 17.2. The summed E-state index contributed by atoms with van der Waals surface area (Å²) >= 11 is 0. The lowest BCUT2D eigenvalue weighted by molar-refractivity contribution is 0.104. The number of hydrogen-bond acceptors (Lipinski definition) is 4. The highest BCUT2D eigenvalue weighted by atomic mass is 16.5. The predicted molar refractivity (Wildman–Crippen MR) is 99.0 cm³/mol. The SMILES string of the molecule is COc1ccc(/C=C/C(=O)c2cccc(O)c2)cc1CN1CCCC1. The van der Waals surface area contributed by atoms with Crippen molar-refractivity contribution < 1.29 is 14.6 Å². The van der Waals surface area contributed by atoms with Gasteiger partial charge >= 0.3 is 0 Å². The van der Waals surface area contributed by atoms with Gasteiger partial charge in [0.15, 0.2) is 5.78 Å². The molecule has 4 heteroatoms. The number of carbonyl (C=O) groups is 1. The van der Waals surface area contributed by atoms with Crippen molar-refractivity contribution in [2.24, 2.45) is 0 Å². The van der Waals surface area contributed by atoms with Crippen LogP contribution in [0.3, 0.4) is 0 Å². The molecule has 0 aromatic heterocycles. The second-order valence-electron chi connectivity index (χ2n) is 6.30. The van der Waals surface area contributed by atoms with Gasteiger partial charge in [-0.1, -0.05) is 24.3 Å². The first-order valence-corrected chi connectivity index (χ1v) is 8.56. The van der Waals surface area contributed by atoms with Crippen LogP contribution in [-0.2, 0) is 6.54 Å². The first-order valence-electron chi connectivity index (χ1n) is 8.56. The molecule has 1 heterocycles. The fourth-order valence-electron chi connectivity index (χ4n) is 3.13. The number of hydrogen-bond donors (Lipinski definition) is 1. The van der Waals surface area contributed by atoms with Crippen LogP contribution in [-0.4, -0.2) is 36.0 Å². The van der Waals surface area contributed by atoms with Gasteiger partial charge in [-0.3, -0.25) is 9.69 Å². The van der Waals surface area contributed by atoms with Crippen LogP contribution in [0.4, 0.5) is 0 Å². The van der Waals surface area contributed by atoms with Crippen molar-refractivity contribution >= 4 is 11.9 Å². The third kappa shape index (κ3) is 4.48. The Bertz CT molecular complexity index is 776. The lowest BCUT2D eigenvalue weighted by atomic mass is 10.1. The maximum Gasteiger partial charge on any atom is 0.185 e. The molecule has 25 heavy (non-hydrogen) atoms. The van der Waals surface area contributed by atoms with Gasteiger partial charge in [-0.2, -0.15) is 0 Å². The number of aromatic hydroxyl groups is 1. The molecule has 0 aliphatic carbocycles. The molecule has 130 valence electrons. The number of carbonyl (C=O) groups excluding carboxylic acids is 1. The maximum atomic E-state index is 12.2. The van der Waals surface area contributed by atoms with Crippen molar-refractivity contribution in [1.29, 1.82) is 0 Å². The van der Waals surface area contributed by atoms with Crippen LogP contribution in [0, 0.1) is 0 Å². The Kier molecular flexibility index (Phi) is 5.51. The van der Waals surface area contributed by atoms with Crippen LogP contribution < -0.4 is 4.74 Å². The molecule has 1 aliphatic rings. The molecule has 0 spiro atoms. The molecule has 1 aliphatic heterocycles. The second-order valence-corrected chi connectivity index (χ2v) is 6.30. The Labute approximate surface area is 148 Å². The number of phenols is 1. The highest BCUT2D eigenvalue weighted by Crippen LogP contribution is 2.24. The number of allylic oxidation sites excluding steroid dienone is 1. The number of likely N-dealkylation sites (tertiary alicyclic amines) is 1. The lowest BCUT2D eigenvalue weighted by Gasteiger charge is -2.17. The van der Waals surface area contributed by atoms with Crippen molar-refractivity contribution in [3.63, 3.8) is 0 Å². The van der Waals surface area contributed by atoms with Crippen LogP contribution in [0.25, 0.3) is 6.08 Å². The number of phenolic OH excluding ortho intramolecular Hbond substituents is 1. The number of ether oxygens (including phenoxy) is 1. The van der Waals surface area contributed by atoms with Crippen molar-refractivity contribution in [3.8, 4) is 11.5 Å². The molecule has 0 radical (unpaired) electrons. The van der Waals surface area contributed by atoms with E-state index in [1.54, 1.807) is 31.4 Å². The van der Waals surface area contributed by atoms with Crippen LogP contribution in [0.5, 0.6) is 11.5 Å². The molecule has 3 rings (SSSR count). The van der Waals surface area contributed by atoms with E-state index in [9.17, 15) is 9.90 Å². The quantitative estimate of drug-likeness (QED) is 0.642. The second kappa shape index (κ2) is 7.99. The number of benzene rings is 2. The normalized spacial score (nSPS) is 14.9. The van der Waals surface area contributed by atoms with E-state index in [1.807, 2.05) is 12.1 Å². The van der Waals surface area contributed by atoms with Crippen molar-refractivity contribution in [3.05, 3.63) is 65.2 Å². The van der Waals surface area contributed by atoms with Crippen molar-refractivity contribution in [2.45, 2.75) is 19.4 Å². The molecule has 0 amide bonds. The molecule has 0 unspecified atom stereocenters. The topological polar surface area (TPSA) is 49.8 Å². The van der Waals surface area contributed by atoms with Gasteiger partial charge in [0, 0.05) is 17.7 Å². The summed E-state index contributed by atoms with van der Waals surface area (Å²) in [7, 11) is 1.68. The third-order valence-corrected chi connectivity index (χ3v) is 4.45.